The van der Waals surface area contributed by atoms with Gasteiger partial charge in [-0.15, -0.1) is 11.3 Å². The number of rotatable bonds is 4. The molecule has 0 fully saturated rings. The van der Waals surface area contributed by atoms with Gasteiger partial charge in [0.2, 0.25) is 0 Å². The van der Waals surface area contributed by atoms with Gasteiger partial charge in [0, 0.05) is 24.4 Å². The molecule has 0 aromatic carbocycles. The van der Waals surface area contributed by atoms with E-state index in [1.165, 1.54) is 0 Å². The Bertz CT molecular complexity index is 589. The van der Waals surface area contributed by atoms with E-state index in [9.17, 15) is 0 Å². The highest BCUT2D eigenvalue weighted by atomic mass is 35.5. The molecule has 1 atom stereocenters. The Labute approximate surface area is 127 Å². The van der Waals surface area contributed by atoms with Crippen LogP contribution in [0.3, 0.4) is 0 Å². The van der Waals surface area contributed by atoms with Gasteiger partial charge in [0.15, 0.2) is 0 Å². The van der Waals surface area contributed by atoms with E-state index in [2.05, 4.69) is 5.10 Å². The van der Waals surface area contributed by atoms with E-state index in [0.717, 1.165) is 38.3 Å². The van der Waals surface area contributed by atoms with Crippen molar-refractivity contribution in [1.82, 2.24) is 9.78 Å². The number of thiophene rings is 1. The Morgan fingerprint density at radius 1 is 1.42 bits per heavy atom. The largest absolute Gasteiger partial charge is 0.323 e. The van der Waals surface area contributed by atoms with E-state index < -0.39 is 0 Å². The molecule has 2 heterocycles. The van der Waals surface area contributed by atoms with Crippen molar-refractivity contribution in [2.45, 2.75) is 32.7 Å². The molecule has 0 amide bonds. The van der Waals surface area contributed by atoms with Crippen LogP contribution in [0.1, 0.15) is 34.8 Å². The Kier molecular flexibility index (Phi) is 4.56. The van der Waals surface area contributed by atoms with Gasteiger partial charge in [-0.05, 0) is 24.3 Å². The van der Waals surface area contributed by atoms with Crippen molar-refractivity contribution in [3.63, 3.8) is 0 Å². The molecule has 3 nitrogen and oxygen atoms in total. The van der Waals surface area contributed by atoms with Gasteiger partial charge < -0.3 is 5.73 Å². The zero-order valence-electron chi connectivity index (χ0n) is 11.2. The molecule has 19 heavy (non-hydrogen) atoms. The number of nitrogens with zero attached hydrogens (tertiary/aromatic N) is 2. The number of aryl methyl sites for hydroxylation is 3. The Balaban J connectivity index is 2.26. The zero-order chi connectivity index (χ0) is 14.2. The van der Waals surface area contributed by atoms with Crippen LogP contribution in [0.2, 0.25) is 10.0 Å². The summed E-state index contributed by atoms with van der Waals surface area (Å²) in [6.07, 6.45) is 1.46. The Hall–Kier alpha value is -0.550. The number of aromatic nitrogens is 2. The zero-order valence-corrected chi connectivity index (χ0v) is 13.5. The lowest BCUT2D eigenvalue weighted by atomic mass is 10.1. The van der Waals surface area contributed by atoms with Crippen molar-refractivity contribution in [2.24, 2.45) is 12.8 Å². The minimum Gasteiger partial charge on any atom is -0.323 e. The molecule has 0 aliphatic rings. The van der Waals surface area contributed by atoms with Crippen LogP contribution in [-0.2, 0) is 19.9 Å². The summed E-state index contributed by atoms with van der Waals surface area (Å²) in [5, 5.41) is 7.93. The summed E-state index contributed by atoms with van der Waals surface area (Å²) in [6.45, 7) is 4.03. The molecule has 0 saturated carbocycles. The molecule has 2 aromatic heterocycles. The van der Waals surface area contributed by atoms with Gasteiger partial charge in [0.05, 0.1) is 21.4 Å². The third-order valence-electron chi connectivity index (χ3n) is 3.18. The molecule has 2 rings (SSSR count). The quantitative estimate of drug-likeness (QED) is 0.929. The molecule has 2 N–H and O–H groups in total. The van der Waals surface area contributed by atoms with Gasteiger partial charge >= 0.3 is 0 Å². The molecule has 0 aliphatic carbocycles. The fourth-order valence-corrected chi connectivity index (χ4v) is 3.75. The maximum absolute atomic E-state index is 6.34. The van der Waals surface area contributed by atoms with Crippen LogP contribution in [0.5, 0.6) is 0 Å². The molecule has 6 heteroatoms. The number of hydrogen-bond donors (Lipinski definition) is 1. The summed E-state index contributed by atoms with van der Waals surface area (Å²) in [5.41, 5.74) is 9.21. The molecule has 0 spiro atoms. The van der Waals surface area contributed by atoms with Crippen LogP contribution in [0, 0.1) is 6.92 Å². The lowest BCUT2D eigenvalue weighted by Crippen LogP contribution is -2.15. The first-order valence-electron chi connectivity index (χ1n) is 6.15. The first kappa shape index (κ1) is 14.9. The molecule has 104 valence electrons. The van der Waals surface area contributed by atoms with Gasteiger partial charge in [-0.1, -0.05) is 30.1 Å². The topological polar surface area (TPSA) is 43.8 Å². The van der Waals surface area contributed by atoms with Crippen molar-refractivity contribution in [2.75, 3.05) is 0 Å². The second-order valence-corrected chi connectivity index (χ2v) is 6.26. The predicted molar refractivity (Wildman–Crippen MR) is 82.3 cm³/mol. The van der Waals surface area contributed by atoms with E-state index in [1.807, 2.05) is 31.0 Å². The van der Waals surface area contributed by atoms with E-state index in [4.69, 9.17) is 28.9 Å². The van der Waals surface area contributed by atoms with E-state index in [-0.39, 0.29) is 6.04 Å². The highest BCUT2D eigenvalue weighted by Gasteiger charge is 2.20. The van der Waals surface area contributed by atoms with Gasteiger partial charge in [0.1, 0.15) is 0 Å². The van der Waals surface area contributed by atoms with E-state index >= 15 is 0 Å². The monoisotopic (exact) mass is 317 g/mol. The molecule has 0 bridgehead atoms. The van der Waals surface area contributed by atoms with Gasteiger partial charge in [-0.3, -0.25) is 4.68 Å². The van der Waals surface area contributed by atoms with Crippen molar-refractivity contribution < 1.29 is 0 Å². The first-order chi connectivity index (χ1) is 8.95. The summed E-state index contributed by atoms with van der Waals surface area (Å²) in [4.78, 5) is 1.01. The number of halogens is 2. The summed E-state index contributed by atoms with van der Waals surface area (Å²) < 4.78 is 1.81. The summed E-state index contributed by atoms with van der Waals surface area (Å²) >= 11 is 14.2. The third kappa shape index (κ3) is 2.82. The first-order valence-corrected chi connectivity index (χ1v) is 7.78. The van der Waals surface area contributed by atoms with E-state index in [0.29, 0.717) is 6.42 Å². The molecule has 2 aromatic rings. The standard InChI is InChI=1S/C13H17Cl2N3S/c1-4-9-12(15)10(18(3)17-9)5-8(16)13-11(14)7(2)6-19-13/h6,8H,4-5,16H2,1-3H3. The number of nitrogens with two attached hydrogens (primary N) is 1. The van der Waals surface area contributed by atoms with Crippen LogP contribution in [-0.4, -0.2) is 9.78 Å². The summed E-state index contributed by atoms with van der Waals surface area (Å²) in [6, 6.07) is -0.149. The fourth-order valence-electron chi connectivity index (χ4n) is 2.04. The van der Waals surface area contributed by atoms with Gasteiger partial charge in [0.25, 0.3) is 0 Å². The molecular formula is C13H17Cl2N3S. The van der Waals surface area contributed by atoms with Crippen LogP contribution in [0.25, 0.3) is 0 Å². The van der Waals surface area contributed by atoms with Crippen molar-refractivity contribution in [1.29, 1.82) is 0 Å². The molecule has 0 saturated heterocycles. The maximum Gasteiger partial charge on any atom is 0.0850 e. The molecule has 1 unspecified atom stereocenters. The van der Waals surface area contributed by atoms with Gasteiger partial charge in [-0.2, -0.15) is 5.10 Å². The normalized spacial score (nSPS) is 12.9. The minimum atomic E-state index is -0.149. The van der Waals surface area contributed by atoms with Crippen molar-refractivity contribution in [3.8, 4) is 0 Å². The smallest absolute Gasteiger partial charge is 0.0850 e. The summed E-state index contributed by atoms with van der Waals surface area (Å²) in [7, 11) is 1.90. The van der Waals surface area contributed by atoms with Crippen LogP contribution < -0.4 is 5.73 Å². The SMILES string of the molecule is CCc1nn(C)c(CC(N)c2scc(C)c2Cl)c1Cl. The van der Waals surface area contributed by atoms with Crippen LogP contribution in [0.15, 0.2) is 5.38 Å². The third-order valence-corrected chi connectivity index (χ3v) is 5.46. The molecular weight excluding hydrogens is 301 g/mol. The Morgan fingerprint density at radius 3 is 2.58 bits per heavy atom. The highest BCUT2D eigenvalue weighted by Crippen LogP contribution is 2.34. The maximum atomic E-state index is 6.34. The highest BCUT2D eigenvalue weighted by molar-refractivity contribution is 7.10. The van der Waals surface area contributed by atoms with Crippen molar-refractivity contribution >= 4 is 34.5 Å². The second-order valence-electron chi connectivity index (χ2n) is 4.59. The lowest BCUT2D eigenvalue weighted by Gasteiger charge is -2.11. The molecule has 0 aliphatic heterocycles. The van der Waals surface area contributed by atoms with E-state index in [1.54, 1.807) is 11.3 Å². The lowest BCUT2D eigenvalue weighted by molar-refractivity contribution is 0.644. The van der Waals surface area contributed by atoms with Crippen LogP contribution >= 0.6 is 34.5 Å². The number of hydrogen-bond acceptors (Lipinski definition) is 3. The second kappa shape index (κ2) is 5.83. The minimum absolute atomic E-state index is 0.149. The van der Waals surface area contributed by atoms with Crippen molar-refractivity contribution in [3.05, 3.63) is 37.3 Å². The van der Waals surface area contributed by atoms with Gasteiger partial charge in [-0.25, -0.2) is 0 Å². The average molecular weight is 318 g/mol. The predicted octanol–water partition coefficient (Wildman–Crippen LogP) is 3.90. The summed E-state index contributed by atoms with van der Waals surface area (Å²) in [5.74, 6) is 0. The molecule has 0 radical (unpaired) electrons. The Morgan fingerprint density at radius 2 is 2.11 bits per heavy atom. The average Bonchev–Trinajstić information content (AvgIpc) is 2.84. The van der Waals surface area contributed by atoms with Crippen LogP contribution in [0.4, 0.5) is 0 Å². The fraction of sp³-hybridized carbons (Fsp3) is 0.462.